The fourth-order valence-corrected chi connectivity index (χ4v) is 1.96. The quantitative estimate of drug-likeness (QED) is 0.841. The van der Waals surface area contributed by atoms with E-state index in [1.54, 1.807) is 12.1 Å². The first kappa shape index (κ1) is 11.9. The van der Waals surface area contributed by atoms with Gasteiger partial charge in [-0.1, -0.05) is 6.07 Å². The minimum Gasteiger partial charge on any atom is -0.492 e. The molecule has 0 bridgehead atoms. The summed E-state index contributed by atoms with van der Waals surface area (Å²) in [6.07, 6.45) is 0.668. The fraction of sp³-hybridized carbons (Fsp3) is 0.462. The van der Waals surface area contributed by atoms with E-state index in [1.165, 1.54) is 0 Å². The summed E-state index contributed by atoms with van der Waals surface area (Å²) >= 11 is 0. The molecule has 17 heavy (non-hydrogen) atoms. The second-order valence-electron chi connectivity index (χ2n) is 4.23. The predicted octanol–water partition coefficient (Wildman–Crippen LogP) is 1.00. The average Bonchev–Trinajstić information content (AvgIpc) is 2.75. The maximum absolute atomic E-state index is 9.37. The summed E-state index contributed by atoms with van der Waals surface area (Å²) in [4.78, 5) is 2.18. The summed E-state index contributed by atoms with van der Waals surface area (Å²) in [5, 5.41) is 18.1. The van der Waals surface area contributed by atoms with Gasteiger partial charge in [0.1, 0.15) is 12.4 Å². The first-order chi connectivity index (χ1) is 8.28. The molecule has 1 fully saturated rings. The molecule has 0 radical (unpaired) electrons. The highest BCUT2D eigenvalue weighted by Crippen LogP contribution is 2.13. The van der Waals surface area contributed by atoms with E-state index in [0.29, 0.717) is 12.2 Å². The Hall–Kier alpha value is -1.57. The zero-order chi connectivity index (χ0) is 12.1. The lowest BCUT2D eigenvalue weighted by atomic mass is 10.2. The number of nitrogens with zero attached hydrogens (tertiary/aromatic N) is 2. The van der Waals surface area contributed by atoms with E-state index in [9.17, 15) is 5.11 Å². The molecule has 0 aliphatic carbocycles. The minimum atomic E-state index is -0.183. The predicted molar refractivity (Wildman–Crippen MR) is 63.7 cm³/mol. The highest BCUT2D eigenvalue weighted by molar-refractivity contribution is 5.36. The van der Waals surface area contributed by atoms with Crippen LogP contribution in [-0.2, 0) is 0 Å². The molecular weight excluding hydrogens is 216 g/mol. The summed E-state index contributed by atoms with van der Waals surface area (Å²) in [5.41, 5.74) is 0.610. The molecule has 4 heteroatoms. The van der Waals surface area contributed by atoms with Crippen molar-refractivity contribution in [2.45, 2.75) is 12.5 Å². The Bertz CT molecular complexity index is 414. The third kappa shape index (κ3) is 3.45. The fourth-order valence-electron chi connectivity index (χ4n) is 1.96. The Labute approximate surface area is 101 Å². The molecule has 1 unspecified atom stereocenters. The van der Waals surface area contributed by atoms with Crippen molar-refractivity contribution in [2.75, 3.05) is 26.2 Å². The molecule has 0 aromatic heterocycles. The summed E-state index contributed by atoms with van der Waals surface area (Å²) in [5.74, 6) is 0.726. The molecule has 1 aromatic rings. The van der Waals surface area contributed by atoms with Crippen LogP contribution in [0.5, 0.6) is 5.75 Å². The molecular formula is C13H16N2O2. The second kappa shape index (κ2) is 5.67. The van der Waals surface area contributed by atoms with Crippen LogP contribution >= 0.6 is 0 Å². The van der Waals surface area contributed by atoms with Gasteiger partial charge < -0.3 is 9.84 Å². The first-order valence-electron chi connectivity index (χ1n) is 5.81. The highest BCUT2D eigenvalue weighted by atomic mass is 16.5. The van der Waals surface area contributed by atoms with E-state index >= 15 is 0 Å². The molecule has 1 aliphatic heterocycles. The molecule has 1 saturated heterocycles. The normalized spacial score (nSPS) is 20.1. The molecule has 1 aliphatic rings. The van der Waals surface area contributed by atoms with Gasteiger partial charge in [0.15, 0.2) is 0 Å². The summed E-state index contributed by atoms with van der Waals surface area (Å²) in [6.45, 7) is 3.07. The Morgan fingerprint density at radius 2 is 2.41 bits per heavy atom. The number of ether oxygens (including phenoxy) is 1. The molecule has 4 nitrogen and oxygen atoms in total. The number of benzene rings is 1. The smallest absolute Gasteiger partial charge is 0.120 e. The van der Waals surface area contributed by atoms with E-state index in [0.717, 1.165) is 31.8 Å². The number of rotatable bonds is 4. The number of aliphatic hydroxyl groups is 1. The van der Waals surface area contributed by atoms with Gasteiger partial charge in [0.25, 0.3) is 0 Å². The van der Waals surface area contributed by atoms with Gasteiger partial charge >= 0.3 is 0 Å². The number of likely N-dealkylation sites (tertiary alicyclic amines) is 1. The second-order valence-corrected chi connectivity index (χ2v) is 4.23. The average molecular weight is 232 g/mol. The van der Waals surface area contributed by atoms with Crippen LogP contribution < -0.4 is 4.74 Å². The van der Waals surface area contributed by atoms with Crippen molar-refractivity contribution < 1.29 is 9.84 Å². The van der Waals surface area contributed by atoms with Gasteiger partial charge in [0.2, 0.25) is 0 Å². The molecule has 2 rings (SSSR count). The van der Waals surface area contributed by atoms with Gasteiger partial charge in [-0.25, -0.2) is 0 Å². The first-order valence-corrected chi connectivity index (χ1v) is 5.81. The van der Waals surface area contributed by atoms with E-state index in [1.807, 2.05) is 12.1 Å². The van der Waals surface area contributed by atoms with Crippen LogP contribution in [0, 0.1) is 11.3 Å². The number of hydrogen-bond donors (Lipinski definition) is 1. The lowest BCUT2D eigenvalue weighted by Crippen LogP contribution is -2.27. The Morgan fingerprint density at radius 3 is 3.12 bits per heavy atom. The van der Waals surface area contributed by atoms with Crippen molar-refractivity contribution >= 4 is 0 Å². The zero-order valence-corrected chi connectivity index (χ0v) is 9.67. The third-order valence-electron chi connectivity index (χ3n) is 2.89. The molecule has 1 N–H and O–H groups in total. The maximum Gasteiger partial charge on any atom is 0.120 e. The van der Waals surface area contributed by atoms with E-state index in [2.05, 4.69) is 11.0 Å². The van der Waals surface area contributed by atoms with Crippen LogP contribution in [0.4, 0.5) is 0 Å². The molecule has 1 heterocycles. The SMILES string of the molecule is N#Cc1cccc(OCCN2CCC(O)C2)c1. The van der Waals surface area contributed by atoms with Crippen molar-refractivity contribution in [3.63, 3.8) is 0 Å². The molecule has 1 aromatic carbocycles. The van der Waals surface area contributed by atoms with Crippen molar-refractivity contribution in [1.82, 2.24) is 4.90 Å². The standard InChI is InChI=1S/C13H16N2O2/c14-9-11-2-1-3-13(8-11)17-7-6-15-5-4-12(16)10-15/h1-3,8,12,16H,4-7,10H2. The number of hydrogen-bond acceptors (Lipinski definition) is 4. The van der Waals surface area contributed by atoms with Gasteiger partial charge in [0.05, 0.1) is 17.7 Å². The Morgan fingerprint density at radius 1 is 1.53 bits per heavy atom. The van der Waals surface area contributed by atoms with Crippen LogP contribution in [0.15, 0.2) is 24.3 Å². The maximum atomic E-state index is 9.37. The van der Waals surface area contributed by atoms with Crippen molar-refractivity contribution in [3.05, 3.63) is 29.8 Å². The van der Waals surface area contributed by atoms with Crippen molar-refractivity contribution in [3.8, 4) is 11.8 Å². The van der Waals surface area contributed by atoms with Crippen LogP contribution in [-0.4, -0.2) is 42.4 Å². The number of nitriles is 1. The van der Waals surface area contributed by atoms with Crippen molar-refractivity contribution in [2.24, 2.45) is 0 Å². The van der Waals surface area contributed by atoms with Crippen LogP contribution in [0.1, 0.15) is 12.0 Å². The van der Waals surface area contributed by atoms with Crippen LogP contribution in [0.3, 0.4) is 0 Å². The summed E-state index contributed by atoms with van der Waals surface area (Å²) in [6, 6.07) is 9.23. The largest absolute Gasteiger partial charge is 0.492 e. The van der Waals surface area contributed by atoms with E-state index in [4.69, 9.17) is 10.00 Å². The molecule has 0 amide bonds. The van der Waals surface area contributed by atoms with Gasteiger partial charge in [-0.05, 0) is 24.6 Å². The molecule has 0 spiro atoms. The highest BCUT2D eigenvalue weighted by Gasteiger charge is 2.19. The van der Waals surface area contributed by atoms with E-state index < -0.39 is 0 Å². The van der Waals surface area contributed by atoms with Gasteiger partial charge in [0, 0.05) is 19.6 Å². The molecule has 0 saturated carbocycles. The van der Waals surface area contributed by atoms with E-state index in [-0.39, 0.29) is 6.10 Å². The minimum absolute atomic E-state index is 0.183. The molecule has 1 atom stereocenters. The summed E-state index contributed by atoms with van der Waals surface area (Å²) < 4.78 is 5.57. The molecule has 90 valence electrons. The van der Waals surface area contributed by atoms with Gasteiger partial charge in [-0.15, -0.1) is 0 Å². The number of β-amino-alcohol motifs (C(OH)–C–C–N with tert-alkyl or cyclic N) is 1. The van der Waals surface area contributed by atoms with Crippen LogP contribution in [0.2, 0.25) is 0 Å². The van der Waals surface area contributed by atoms with Crippen molar-refractivity contribution in [1.29, 1.82) is 5.26 Å². The third-order valence-corrected chi connectivity index (χ3v) is 2.89. The Kier molecular flexibility index (Phi) is 3.97. The van der Waals surface area contributed by atoms with Gasteiger partial charge in [-0.2, -0.15) is 5.26 Å². The lowest BCUT2D eigenvalue weighted by Gasteiger charge is -2.15. The number of aliphatic hydroxyl groups excluding tert-OH is 1. The summed E-state index contributed by atoms with van der Waals surface area (Å²) in [7, 11) is 0. The van der Waals surface area contributed by atoms with Gasteiger partial charge in [-0.3, -0.25) is 4.90 Å². The Balaban J connectivity index is 1.76. The lowest BCUT2D eigenvalue weighted by molar-refractivity contribution is 0.167. The van der Waals surface area contributed by atoms with Crippen LogP contribution in [0.25, 0.3) is 0 Å². The zero-order valence-electron chi connectivity index (χ0n) is 9.67. The monoisotopic (exact) mass is 232 g/mol. The topological polar surface area (TPSA) is 56.5 Å².